The van der Waals surface area contributed by atoms with Crippen LogP contribution in [0.25, 0.3) is 33.8 Å². The van der Waals surface area contributed by atoms with Crippen LogP contribution >= 0.6 is 38.2 Å². The number of hydrogen-bond acceptors (Lipinski definition) is 5. The van der Waals surface area contributed by atoms with Gasteiger partial charge in [-0.15, -0.1) is 0 Å². The predicted octanol–water partition coefficient (Wildman–Crippen LogP) is 5.58. The summed E-state index contributed by atoms with van der Waals surface area (Å²) in [5, 5.41) is 5.12. The van der Waals surface area contributed by atoms with Crippen molar-refractivity contribution in [2.75, 3.05) is 0 Å². The fourth-order valence-electron chi connectivity index (χ4n) is 3.55. The first-order valence-electron chi connectivity index (χ1n) is 9.80. The highest BCUT2D eigenvalue weighted by Gasteiger charge is 2.19. The van der Waals surface area contributed by atoms with Crippen LogP contribution in [0.4, 0.5) is 0 Å². The van der Waals surface area contributed by atoms with Crippen molar-refractivity contribution >= 4 is 58.3 Å². The van der Waals surface area contributed by atoms with Crippen molar-refractivity contribution in [2.45, 2.75) is 4.90 Å². The van der Waals surface area contributed by atoms with Crippen LogP contribution < -0.4 is 5.56 Å². The van der Waals surface area contributed by atoms with E-state index in [9.17, 15) is 13.2 Å². The lowest BCUT2D eigenvalue weighted by Gasteiger charge is -2.14. The zero-order valence-electron chi connectivity index (χ0n) is 17.1. The molecule has 0 N–H and O–H groups in total. The van der Waals surface area contributed by atoms with Crippen LogP contribution in [-0.2, 0) is 9.05 Å². The maximum atomic E-state index is 13.7. The molecule has 11 heteroatoms. The lowest BCUT2D eigenvalue weighted by molar-refractivity contribution is 0.609. The SMILES string of the molecule is O=c1c2cnn(-c3cccc(S(=O)(=O)Cl)c3)c2nc(-c2ccc(Br)cc2)n1-c1ccc(Cl)cc1. The Kier molecular flexibility index (Phi) is 5.81. The molecule has 5 rings (SSSR count). The molecule has 170 valence electrons. The van der Waals surface area contributed by atoms with Gasteiger partial charge < -0.3 is 0 Å². The third-order valence-corrected chi connectivity index (χ3v) is 7.26. The van der Waals surface area contributed by atoms with Gasteiger partial charge in [0.1, 0.15) is 11.2 Å². The summed E-state index contributed by atoms with van der Waals surface area (Å²) in [5.74, 6) is 0.384. The average Bonchev–Trinajstić information content (AvgIpc) is 3.24. The molecule has 0 saturated heterocycles. The summed E-state index contributed by atoms with van der Waals surface area (Å²) in [6.07, 6.45) is 1.41. The Balaban J connectivity index is 1.82. The number of fused-ring (bicyclic) bond motifs is 1. The van der Waals surface area contributed by atoms with E-state index < -0.39 is 9.05 Å². The monoisotopic (exact) mass is 574 g/mol. The van der Waals surface area contributed by atoms with E-state index in [0.717, 1.165) is 4.47 Å². The standard InChI is InChI=1S/C23H13BrCl2N4O3S/c24-15-6-4-14(5-7-15)21-28-22-20(23(31)29(21)17-10-8-16(25)9-11-17)13-27-30(22)18-2-1-3-19(12-18)34(26,32)33/h1-13H. The molecular formula is C23H13BrCl2N4O3S. The van der Waals surface area contributed by atoms with Gasteiger partial charge in [0, 0.05) is 25.7 Å². The minimum Gasteiger partial charge on any atom is -0.268 e. The third kappa shape index (κ3) is 4.16. The summed E-state index contributed by atoms with van der Waals surface area (Å²) < 4.78 is 27.4. The van der Waals surface area contributed by atoms with Crippen molar-refractivity contribution in [3.05, 3.63) is 98.8 Å². The van der Waals surface area contributed by atoms with Gasteiger partial charge in [-0.25, -0.2) is 18.1 Å². The predicted molar refractivity (Wildman–Crippen MR) is 136 cm³/mol. The molecule has 0 unspecified atom stereocenters. The van der Waals surface area contributed by atoms with Crippen molar-refractivity contribution in [3.63, 3.8) is 0 Å². The molecule has 0 radical (unpaired) electrons. The average molecular weight is 576 g/mol. The summed E-state index contributed by atoms with van der Waals surface area (Å²) in [6.45, 7) is 0. The van der Waals surface area contributed by atoms with Crippen molar-refractivity contribution in [1.82, 2.24) is 19.3 Å². The largest absolute Gasteiger partial charge is 0.269 e. The molecule has 0 atom stereocenters. The fourth-order valence-corrected chi connectivity index (χ4v) is 4.73. The molecule has 34 heavy (non-hydrogen) atoms. The molecule has 0 bridgehead atoms. The summed E-state index contributed by atoms with van der Waals surface area (Å²) in [4.78, 5) is 18.4. The molecule has 2 heterocycles. The summed E-state index contributed by atoms with van der Waals surface area (Å²) in [5.41, 5.74) is 1.62. The number of hydrogen-bond donors (Lipinski definition) is 0. The minimum atomic E-state index is -3.95. The van der Waals surface area contributed by atoms with Gasteiger partial charge in [-0.3, -0.25) is 9.36 Å². The van der Waals surface area contributed by atoms with Gasteiger partial charge in [-0.05, 0) is 54.6 Å². The molecular weight excluding hydrogens is 563 g/mol. The molecule has 2 aromatic heterocycles. The van der Waals surface area contributed by atoms with Crippen molar-refractivity contribution in [3.8, 4) is 22.8 Å². The number of nitrogens with zero attached hydrogens (tertiary/aromatic N) is 4. The van der Waals surface area contributed by atoms with Crippen LogP contribution in [0.3, 0.4) is 0 Å². The Morgan fingerprint density at radius 2 is 1.62 bits per heavy atom. The number of aromatic nitrogens is 4. The summed E-state index contributed by atoms with van der Waals surface area (Å²) >= 11 is 9.48. The Morgan fingerprint density at radius 1 is 0.912 bits per heavy atom. The van der Waals surface area contributed by atoms with E-state index in [0.29, 0.717) is 27.8 Å². The highest BCUT2D eigenvalue weighted by Crippen LogP contribution is 2.26. The zero-order chi connectivity index (χ0) is 24.0. The molecule has 7 nitrogen and oxygen atoms in total. The van der Waals surface area contributed by atoms with Crippen LogP contribution in [0.2, 0.25) is 5.02 Å². The maximum Gasteiger partial charge on any atom is 0.269 e. The lowest BCUT2D eigenvalue weighted by Crippen LogP contribution is -2.22. The molecule has 0 amide bonds. The summed E-state index contributed by atoms with van der Waals surface area (Å²) in [7, 11) is 1.56. The molecule has 0 saturated carbocycles. The minimum absolute atomic E-state index is 0.0852. The first-order chi connectivity index (χ1) is 16.2. The second-order valence-electron chi connectivity index (χ2n) is 7.29. The molecule has 0 aliphatic carbocycles. The third-order valence-electron chi connectivity index (χ3n) is 5.13. The normalized spacial score (nSPS) is 11.7. The second kappa shape index (κ2) is 8.66. The molecule has 0 fully saturated rings. The molecule has 5 aromatic rings. The fraction of sp³-hybridized carbons (Fsp3) is 0. The molecule has 0 aliphatic rings. The first kappa shape index (κ1) is 22.8. The van der Waals surface area contributed by atoms with Crippen LogP contribution in [0, 0.1) is 0 Å². The van der Waals surface area contributed by atoms with Gasteiger partial charge in [0.25, 0.3) is 14.6 Å². The van der Waals surface area contributed by atoms with Gasteiger partial charge in [0.2, 0.25) is 0 Å². The van der Waals surface area contributed by atoms with E-state index in [1.54, 1.807) is 36.4 Å². The number of rotatable bonds is 4. The summed E-state index contributed by atoms with van der Waals surface area (Å²) in [6, 6.07) is 20.2. The smallest absolute Gasteiger partial charge is 0.268 e. The Labute approximate surface area is 211 Å². The highest BCUT2D eigenvalue weighted by molar-refractivity contribution is 9.10. The van der Waals surface area contributed by atoms with Gasteiger partial charge >= 0.3 is 0 Å². The van der Waals surface area contributed by atoms with Crippen LogP contribution in [0.15, 0.2) is 93.2 Å². The second-order valence-corrected chi connectivity index (χ2v) is 11.2. The van der Waals surface area contributed by atoms with Crippen molar-refractivity contribution < 1.29 is 8.42 Å². The number of halogens is 3. The zero-order valence-corrected chi connectivity index (χ0v) is 21.0. The van der Waals surface area contributed by atoms with E-state index in [-0.39, 0.29) is 21.5 Å². The van der Waals surface area contributed by atoms with Gasteiger partial charge in [0.15, 0.2) is 5.65 Å². The van der Waals surface area contributed by atoms with Crippen LogP contribution in [-0.4, -0.2) is 27.7 Å². The van der Waals surface area contributed by atoms with Crippen LogP contribution in [0.5, 0.6) is 0 Å². The molecule has 3 aromatic carbocycles. The van der Waals surface area contributed by atoms with Crippen molar-refractivity contribution in [1.29, 1.82) is 0 Å². The van der Waals surface area contributed by atoms with E-state index in [1.165, 1.54) is 27.6 Å². The topological polar surface area (TPSA) is 86.8 Å². The lowest BCUT2D eigenvalue weighted by atomic mass is 10.2. The Bertz CT molecular complexity index is 1710. The van der Waals surface area contributed by atoms with E-state index in [1.807, 2.05) is 24.3 Å². The molecule has 0 spiro atoms. The first-order valence-corrected chi connectivity index (χ1v) is 13.3. The molecule has 0 aliphatic heterocycles. The number of benzene rings is 3. The van der Waals surface area contributed by atoms with E-state index >= 15 is 0 Å². The highest BCUT2D eigenvalue weighted by atomic mass is 79.9. The maximum absolute atomic E-state index is 13.7. The van der Waals surface area contributed by atoms with Gasteiger partial charge in [-0.1, -0.05) is 45.7 Å². The van der Waals surface area contributed by atoms with E-state index in [2.05, 4.69) is 21.0 Å². The van der Waals surface area contributed by atoms with Crippen LogP contribution in [0.1, 0.15) is 0 Å². The van der Waals surface area contributed by atoms with Crippen molar-refractivity contribution in [2.24, 2.45) is 0 Å². The Hall–Kier alpha value is -2.98. The van der Waals surface area contributed by atoms with Gasteiger partial charge in [0.05, 0.1) is 22.5 Å². The van der Waals surface area contributed by atoms with E-state index in [4.69, 9.17) is 27.3 Å². The Morgan fingerprint density at radius 3 is 2.29 bits per heavy atom. The quantitative estimate of drug-likeness (QED) is 0.261. The van der Waals surface area contributed by atoms with Gasteiger partial charge in [-0.2, -0.15) is 5.10 Å².